The van der Waals surface area contributed by atoms with Crippen LogP contribution in [0.2, 0.25) is 0 Å². The van der Waals surface area contributed by atoms with E-state index in [1.54, 1.807) is 26.8 Å². The van der Waals surface area contributed by atoms with Crippen LogP contribution in [0.1, 0.15) is 59.8 Å². The molecule has 4 atom stereocenters. The third kappa shape index (κ3) is 7.44. The van der Waals surface area contributed by atoms with Crippen molar-refractivity contribution in [2.75, 3.05) is 6.54 Å². The summed E-state index contributed by atoms with van der Waals surface area (Å²) in [4.78, 5) is 49.3. The summed E-state index contributed by atoms with van der Waals surface area (Å²) >= 11 is 0. The fourth-order valence-corrected chi connectivity index (χ4v) is 3.34. The maximum absolute atomic E-state index is 12.8. The lowest BCUT2D eigenvalue weighted by Gasteiger charge is -2.34. The summed E-state index contributed by atoms with van der Waals surface area (Å²) in [6.07, 6.45) is 3.77. The maximum atomic E-state index is 12.8. The molecule has 0 saturated carbocycles. The number of amides is 3. The summed E-state index contributed by atoms with van der Waals surface area (Å²) in [7, 11) is 0. The molecule has 170 valence electrons. The van der Waals surface area contributed by atoms with Gasteiger partial charge in [0.25, 0.3) is 11.8 Å². The van der Waals surface area contributed by atoms with E-state index in [1.807, 2.05) is 6.92 Å². The van der Waals surface area contributed by atoms with Gasteiger partial charge in [-0.2, -0.15) is 0 Å². The average Bonchev–Trinajstić information content (AvgIpc) is 2.70. The van der Waals surface area contributed by atoms with Crippen molar-refractivity contribution >= 4 is 23.7 Å². The normalized spacial score (nSPS) is 19.5. The summed E-state index contributed by atoms with van der Waals surface area (Å²) in [5.74, 6) is -2.50. The Kier molecular flexibility index (Phi) is 10.5. The Bertz CT molecular complexity index is 637. The number of nitrogens with two attached hydrogens (primary N) is 1. The highest BCUT2D eigenvalue weighted by atomic mass is 16.5. The summed E-state index contributed by atoms with van der Waals surface area (Å²) in [5, 5.41) is 3.93. The first-order valence-corrected chi connectivity index (χ1v) is 10.6. The van der Waals surface area contributed by atoms with Crippen LogP contribution in [0.5, 0.6) is 0 Å². The van der Waals surface area contributed by atoms with Gasteiger partial charge in [0.2, 0.25) is 5.91 Å². The fourth-order valence-electron chi connectivity index (χ4n) is 3.34. The molecule has 1 aliphatic heterocycles. The Morgan fingerprint density at radius 1 is 1.30 bits per heavy atom. The molecular formula is C21H36N4O5. The van der Waals surface area contributed by atoms with Crippen LogP contribution in [0.15, 0.2) is 12.7 Å². The minimum absolute atomic E-state index is 0.269. The highest BCUT2D eigenvalue weighted by Gasteiger charge is 2.33. The van der Waals surface area contributed by atoms with Crippen LogP contribution in [0.4, 0.5) is 0 Å². The van der Waals surface area contributed by atoms with Crippen LogP contribution in [0, 0.1) is 11.8 Å². The molecule has 1 fully saturated rings. The summed E-state index contributed by atoms with van der Waals surface area (Å²) in [6.45, 7) is 11.1. The van der Waals surface area contributed by atoms with Crippen molar-refractivity contribution in [1.82, 2.24) is 15.8 Å². The fraction of sp³-hybridized carbons (Fsp3) is 0.714. The average molecular weight is 425 g/mol. The molecule has 9 heteroatoms. The zero-order chi connectivity index (χ0) is 22.8. The molecule has 4 unspecified atom stereocenters. The second kappa shape index (κ2) is 12.3. The Morgan fingerprint density at radius 2 is 1.97 bits per heavy atom. The number of primary amides is 1. The lowest BCUT2D eigenvalue weighted by Crippen LogP contribution is -2.60. The maximum Gasteiger partial charge on any atom is 0.310 e. The molecule has 1 rings (SSSR count). The highest BCUT2D eigenvalue weighted by Crippen LogP contribution is 2.18. The zero-order valence-corrected chi connectivity index (χ0v) is 18.5. The van der Waals surface area contributed by atoms with Gasteiger partial charge in [0, 0.05) is 6.54 Å². The van der Waals surface area contributed by atoms with E-state index in [-0.39, 0.29) is 11.8 Å². The minimum atomic E-state index is -1.01. The van der Waals surface area contributed by atoms with Gasteiger partial charge in [-0.25, -0.2) is 5.43 Å². The number of carbonyl (C=O) groups excluding carboxylic acids is 4. The van der Waals surface area contributed by atoms with Gasteiger partial charge in [0.05, 0.1) is 5.92 Å². The summed E-state index contributed by atoms with van der Waals surface area (Å²) in [5.41, 5.74) is 8.11. The van der Waals surface area contributed by atoms with Crippen molar-refractivity contribution in [2.45, 2.75) is 78.0 Å². The highest BCUT2D eigenvalue weighted by molar-refractivity contribution is 5.90. The van der Waals surface area contributed by atoms with E-state index in [1.165, 1.54) is 5.01 Å². The third-order valence-electron chi connectivity index (χ3n) is 5.05. The standard InChI is InChI=1S/C21H36N4O5/c1-6-9-15(10-7-2)21(29)30-17(13(3)4)19(27)23-14(5)20(28)25-12-8-11-16(24-25)18(22)26/h6,13-17,24H,1,7-12H2,2-5H3,(H2,22,26)(H,23,27). The second-order valence-electron chi connectivity index (χ2n) is 8.06. The Hall–Kier alpha value is -2.42. The number of esters is 1. The minimum Gasteiger partial charge on any atom is -0.452 e. The molecule has 0 aromatic carbocycles. The molecule has 1 aliphatic rings. The third-order valence-corrected chi connectivity index (χ3v) is 5.05. The molecule has 0 radical (unpaired) electrons. The van der Waals surface area contributed by atoms with Crippen LogP contribution in [0.3, 0.4) is 0 Å². The molecule has 0 aromatic heterocycles. The van der Waals surface area contributed by atoms with Gasteiger partial charge < -0.3 is 15.8 Å². The van der Waals surface area contributed by atoms with E-state index in [0.717, 1.165) is 6.42 Å². The number of hydrazine groups is 1. The van der Waals surface area contributed by atoms with Gasteiger partial charge in [0.15, 0.2) is 6.10 Å². The molecule has 0 spiro atoms. The van der Waals surface area contributed by atoms with Gasteiger partial charge in [-0.15, -0.1) is 6.58 Å². The predicted octanol–water partition coefficient (Wildman–Crippen LogP) is 1.03. The molecule has 9 nitrogen and oxygen atoms in total. The number of hydrogen-bond acceptors (Lipinski definition) is 6. The van der Waals surface area contributed by atoms with Crippen molar-refractivity contribution in [3.8, 4) is 0 Å². The number of hydrogen-bond donors (Lipinski definition) is 3. The smallest absolute Gasteiger partial charge is 0.310 e. The Labute approximate surface area is 178 Å². The summed E-state index contributed by atoms with van der Waals surface area (Å²) < 4.78 is 5.52. The largest absolute Gasteiger partial charge is 0.452 e. The molecule has 4 N–H and O–H groups in total. The molecule has 3 amide bonds. The quantitative estimate of drug-likeness (QED) is 0.335. The molecule has 0 aromatic rings. The Morgan fingerprint density at radius 3 is 2.50 bits per heavy atom. The molecular weight excluding hydrogens is 388 g/mol. The molecule has 0 bridgehead atoms. The first kappa shape index (κ1) is 25.6. The Balaban J connectivity index is 2.75. The van der Waals surface area contributed by atoms with Gasteiger partial charge in [-0.1, -0.05) is 33.3 Å². The number of carbonyl (C=O) groups is 4. The van der Waals surface area contributed by atoms with Crippen LogP contribution >= 0.6 is 0 Å². The zero-order valence-electron chi connectivity index (χ0n) is 18.5. The first-order valence-electron chi connectivity index (χ1n) is 10.6. The first-order chi connectivity index (χ1) is 14.1. The van der Waals surface area contributed by atoms with Crippen LogP contribution in [-0.2, 0) is 23.9 Å². The van der Waals surface area contributed by atoms with Gasteiger partial charge >= 0.3 is 5.97 Å². The monoisotopic (exact) mass is 424 g/mol. The summed E-state index contributed by atoms with van der Waals surface area (Å²) in [6, 6.07) is -1.48. The number of ether oxygens (including phenoxy) is 1. The van der Waals surface area contributed by atoms with Gasteiger partial charge in [0.1, 0.15) is 12.1 Å². The molecule has 30 heavy (non-hydrogen) atoms. The van der Waals surface area contributed by atoms with Crippen molar-refractivity contribution in [3.05, 3.63) is 12.7 Å². The van der Waals surface area contributed by atoms with Crippen molar-refractivity contribution in [2.24, 2.45) is 17.6 Å². The van der Waals surface area contributed by atoms with Crippen molar-refractivity contribution < 1.29 is 23.9 Å². The molecule has 1 heterocycles. The van der Waals surface area contributed by atoms with E-state index in [2.05, 4.69) is 17.3 Å². The topological polar surface area (TPSA) is 131 Å². The van der Waals surface area contributed by atoms with Gasteiger partial charge in [-0.05, 0) is 38.5 Å². The number of allylic oxidation sites excluding steroid dienone is 1. The lowest BCUT2D eigenvalue weighted by atomic mass is 9.99. The SMILES string of the molecule is C=CCC(CCC)C(=O)OC(C(=O)NC(C)C(=O)N1CCCC(C(N)=O)N1)C(C)C. The number of rotatable bonds is 11. The van der Waals surface area contributed by atoms with E-state index >= 15 is 0 Å². The van der Waals surface area contributed by atoms with Gasteiger partial charge in [-0.3, -0.25) is 24.2 Å². The molecule has 1 saturated heterocycles. The second-order valence-corrected chi connectivity index (χ2v) is 8.06. The van der Waals surface area contributed by atoms with Crippen LogP contribution in [0.25, 0.3) is 0 Å². The van der Waals surface area contributed by atoms with E-state index in [4.69, 9.17) is 10.5 Å². The van der Waals surface area contributed by atoms with Crippen molar-refractivity contribution in [3.63, 3.8) is 0 Å². The van der Waals surface area contributed by atoms with E-state index in [9.17, 15) is 19.2 Å². The van der Waals surface area contributed by atoms with Crippen LogP contribution in [-0.4, -0.2) is 53.4 Å². The lowest BCUT2D eigenvalue weighted by molar-refractivity contribution is -0.163. The van der Waals surface area contributed by atoms with Crippen molar-refractivity contribution in [1.29, 1.82) is 0 Å². The van der Waals surface area contributed by atoms with E-state index in [0.29, 0.717) is 32.2 Å². The molecule has 0 aliphatic carbocycles. The van der Waals surface area contributed by atoms with Crippen LogP contribution < -0.4 is 16.5 Å². The predicted molar refractivity (Wildman–Crippen MR) is 113 cm³/mol. The number of nitrogens with one attached hydrogen (secondary N) is 2. The number of nitrogens with zero attached hydrogens (tertiary/aromatic N) is 1. The van der Waals surface area contributed by atoms with E-state index < -0.39 is 41.9 Å².